The van der Waals surface area contributed by atoms with Gasteiger partial charge in [0.1, 0.15) is 29.0 Å². The Hall–Kier alpha value is -3.27. The van der Waals surface area contributed by atoms with Crippen LogP contribution < -0.4 is 10.6 Å². The summed E-state index contributed by atoms with van der Waals surface area (Å²) in [7, 11) is 0. The van der Waals surface area contributed by atoms with Gasteiger partial charge in [-0.25, -0.2) is 4.79 Å². The van der Waals surface area contributed by atoms with Crippen molar-refractivity contribution in [2.24, 2.45) is 0 Å². The van der Waals surface area contributed by atoms with Crippen molar-refractivity contribution in [1.29, 1.82) is 5.26 Å². The molecule has 148 valence electrons. The van der Waals surface area contributed by atoms with Crippen LogP contribution >= 0.6 is 0 Å². The molecule has 0 spiro atoms. The lowest BCUT2D eigenvalue weighted by Gasteiger charge is -2.23. The van der Waals surface area contributed by atoms with Crippen molar-refractivity contribution < 1.29 is 18.7 Å². The van der Waals surface area contributed by atoms with Gasteiger partial charge in [0, 0.05) is 12.0 Å². The minimum absolute atomic E-state index is 0.0755. The SMILES string of the molecule is Cc1oc(NC(=O)C(Cc2ccccc2)NC(=O)OC(C)(C)C)c(C#N)c1C. The second-order valence-corrected chi connectivity index (χ2v) is 7.48. The lowest BCUT2D eigenvalue weighted by Crippen LogP contribution is -2.47. The highest BCUT2D eigenvalue weighted by molar-refractivity contribution is 5.96. The first-order valence-corrected chi connectivity index (χ1v) is 8.95. The number of ether oxygens (including phenoxy) is 1. The van der Waals surface area contributed by atoms with E-state index in [-0.39, 0.29) is 17.9 Å². The smallest absolute Gasteiger partial charge is 0.408 e. The fraction of sp³-hybridized carbons (Fsp3) is 0.381. The molecule has 28 heavy (non-hydrogen) atoms. The predicted octanol–water partition coefficient (Wildman–Crippen LogP) is 3.84. The summed E-state index contributed by atoms with van der Waals surface area (Å²) in [5.41, 5.74) is 1.10. The first-order chi connectivity index (χ1) is 13.1. The third-order valence-electron chi connectivity index (χ3n) is 4.02. The van der Waals surface area contributed by atoms with Gasteiger partial charge in [0.15, 0.2) is 0 Å². The molecule has 1 heterocycles. The van der Waals surface area contributed by atoms with Crippen LogP contribution in [0, 0.1) is 25.2 Å². The number of hydrogen-bond donors (Lipinski definition) is 2. The quantitative estimate of drug-likeness (QED) is 0.816. The summed E-state index contributed by atoms with van der Waals surface area (Å²) < 4.78 is 10.8. The van der Waals surface area contributed by atoms with Crippen LogP contribution in [0.1, 0.15) is 43.2 Å². The van der Waals surface area contributed by atoms with Crippen LogP contribution in [-0.4, -0.2) is 23.6 Å². The van der Waals surface area contributed by atoms with E-state index in [1.807, 2.05) is 36.4 Å². The molecule has 2 rings (SSSR count). The number of anilines is 1. The molecule has 0 fully saturated rings. The highest BCUT2D eigenvalue weighted by Gasteiger charge is 2.27. The third kappa shape index (κ3) is 5.61. The summed E-state index contributed by atoms with van der Waals surface area (Å²) in [6.07, 6.45) is -0.442. The Labute approximate surface area is 164 Å². The number of carbonyl (C=O) groups excluding carboxylic acids is 2. The Morgan fingerprint density at radius 2 is 1.86 bits per heavy atom. The zero-order valence-corrected chi connectivity index (χ0v) is 16.8. The third-order valence-corrected chi connectivity index (χ3v) is 4.02. The number of nitriles is 1. The summed E-state index contributed by atoms with van der Waals surface area (Å²) >= 11 is 0. The van der Waals surface area contributed by atoms with Crippen LogP contribution in [0.5, 0.6) is 0 Å². The highest BCUT2D eigenvalue weighted by atomic mass is 16.6. The molecule has 0 saturated carbocycles. The molecule has 0 radical (unpaired) electrons. The van der Waals surface area contributed by atoms with Gasteiger partial charge < -0.3 is 14.5 Å². The number of furan rings is 1. The van der Waals surface area contributed by atoms with E-state index in [0.29, 0.717) is 11.3 Å². The summed E-state index contributed by atoms with van der Waals surface area (Å²) in [4.78, 5) is 25.1. The molecule has 0 aliphatic carbocycles. The molecule has 7 heteroatoms. The number of benzene rings is 1. The van der Waals surface area contributed by atoms with Crippen LogP contribution in [-0.2, 0) is 16.0 Å². The average Bonchev–Trinajstić information content (AvgIpc) is 2.86. The Kier molecular flexibility index (Phi) is 6.47. The van der Waals surface area contributed by atoms with Crippen molar-refractivity contribution in [3.8, 4) is 6.07 Å². The molecule has 2 aromatic rings. The number of rotatable bonds is 5. The van der Waals surface area contributed by atoms with Crippen molar-refractivity contribution in [1.82, 2.24) is 5.32 Å². The fourth-order valence-corrected chi connectivity index (χ4v) is 2.56. The van der Waals surface area contributed by atoms with E-state index < -0.39 is 23.6 Å². The van der Waals surface area contributed by atoms with E-state index in [9.17, 15) is 14.9 Å². The molecule has 0 aliphatic heterocycles. The topological polar surface area (TPSA) is 104 Å². The van der Waals surface area contributed by atoms with Gasteiger partial charge >= 0.3 is 6.09 Å². The summed E-state index contributed by atoms with van der Waals surface area (Å²) in [6.45, 7) is 8.69. The zero-order chi connectivity index (χ0) is 20.9. The van der Waals surface area contributed by atoms with Gasteiger partial charge in [-0.2, -0.15) is 5.26 Å². The van der Waals surface area contributed by atoms with Gasteiger partial charge in [-0.1, -0.05) is 30.3 Å². The summed E-state index contributed by atoms with van der Waals surface area (Å²) in [5.74, 6) is 0.123. The monoisotopic (exact) mass is 383 g/mol. The minimum Gasteiger partial charge on any atom is -0.444 e. The maximum absolute atomic E-state index is 12.9. The van der Waals surface area contributed by atoms with E-state index in [2.05, 4.69) is 10.6 Å². The molecule has 1 atom stereocenters. The number of hydrogen-bond acceptors (Lipinski definition) is 5. The van der Waals surface area contributed by atoms with Gasteiger partial charge in [0.2, 0.25) is 11.8 Å². The largest absolute Gasteiger partial charge is 0.444 e. The number of carbonyl (C=O) groups is 2. The molecule has 0 bridgehead atoms. The van der Waals surface area contributed by atoms with Gasteiger partial charge in [-0.15, -0.1) is 0 Å². The van der Waals surface area contributed by atoms with Crippen molar-refractivity contribution in [2.75, 3.05) is 5.32 Å². The number of nitrogens with zero attached hydrogens (tertiary/aromatic N) is 1. The predicted molar refractivity (Wildman–Crippen MR) is 105 cm³/mol. The minimum atomic E-state index is -0.908. The van der Waals surface area contributed by atoms with Crippen LogP contribution in [0.15, 0.2) is 34.7 Å². The Balaban J connectivity index is 2.22. The molecular formula is C21H25N3O4. The molecule has 0 aliphatic rings. The van der Waals surface area contributed by atoms with Crippen LogP contribution in [0.3, 0.4) is 0 Å². The molecule has 1 aromatic carbocycles. The number of amides is 2. The average molecular weight is 383 g/mol. The Bertz CT molecular complexity index is 889. The maximum Gasteiger partial charge on any atom is 0.408 e. The molecular weight excluding hydrogens is 358 g/mol. The van der Waals surface area contributed by atoms with Crippen molar-refractivity contribution in [3.05, 3.63) is 52.8 Å². The van der Waals surface area contributed by atoms with Crippen molar-refractivity contribution in [3.63, 3.8) is 0 Å². The summed E-state index contributed by atoms with van der Waals surface area (Å²) in [6, 6.07) is 10.4. The first-order valence-electron chi connectivity index (χ1n) is 8.95. The van der Waals surface area contributed by atoms with Crippen molar-refractivity contribution >= 4 is 17.9 Å². The van der Waals surface area contributed by atoms with Crippen LogP contribution in [0.25, 0.3) is 0 Å². The standard InChI is InChI=1S/C21H25N3O4/c1-13-14(2)27-19(16(13)12-22)24-18(25)17(11-15-9-7-6-8-10-15)23-20(26)28-21(3,4)5/h6-10,17H,11H2,1-5H3,(H,23,26)(H,24,25). The van der Waals surface area contributed by atoms with E-state index >= 15 is 0 Å². The number of aryl methyl sites for hydroxylation is 1. The van der Waals surface area contributed by atoms with Gasteiger partial charge in [0.25, 0.3) is 0 Å². The van der Waals surface area contributed by atoms with Gasteiger partial charge in [-0.3, -0.25) is 10.1 Å². The van der Waals surface area contributed by atoms with E-state index in [1.54, 1.807) is 34.6 Å². The molecule has 2 amide bonds. The lowest BCUT2D eigenvalue weighted by molar-refractivity contribution is -0.118. The second kappa shape index (κ2) is 8.61. The summed E-state index contributed by atoms with van der Waals surface area (Å²) in [5, 5.41) is 14.5. The first kappa shape index (κ1) is 21.0. The molecule has 7 nitrogen and oxygen atoms in total. The highest BCUT2D eigenvalue weighted by Crippen LogP contribution is 2.25. The Morgan fingerprint density at radius 1 is 1.21 bits per heavy atom. The van der Waals surface area contributed by atoms with Gasteiger partial charge in [-0.05, 0) is 40.2 Å². The fourth-order valence-electron chi connectivity index (χ4n) is 2.56. The molecule has 1 unspecified atom stereocenters. The normalized spacial score (nSPS) is 12.0. The van der Waals surface area contributed by atoms with E-state index in [4.69, 9.17) is 9.15 Å². The van der Waals surface area contributed by atoms with E-state index in [0.717, 1.165) is 5.56 Å². The molecule has 2 N–H and O–H groups in total. The van der Waals surface area contributed by atoms with Crippen LogP contribution in [0.4, 0.5) is 10.7 Å². The van der Waals surface area contributed by atoms with Crippen LogP contribution in [0.2, 0.25) is 0 Å². The number of nitrogens with one attached hydrogen (secondary N) is 2. The van der Waals surface area contributed by atoms with Crippen molar-refractivity contribution in [2.45, 2.75) is 52.7 Å². The van der Waals surface area contributed by atoms with E-state index in [1.165, 1.54) is 0 Å². The zero-order valence-electron chi connectivity index (χ0n) is 16.8. The second-order valence-electron chi connectivity index (χ2n) is 7.48. The molecule has 0 saturated heterocycles. The van der Waals surface area contributed by atoms with Gasteiger partial charge in [0.05, 0.1) is 0 Å². The maximum atomic E-state index is 12.9. The lowest BCUT2D eigenvalue weighted by atomic mass is 10.1. The number of alkyl carbamates (subject to hydrolysis) is 1. The molecule has 1 aromatic heterocycles. The Morgan fingerprint density at radius 3 is 2.43 bits per heavy atom.